The van der Waals surface area contributed by atoms with Crippen molar-refractivity contribution in [1.29, 1.82) is 0 Å². The fourth-order valence-corrected chi connectivity index (χ4v) is 6.08. The molecule has 0 radical (unpaired) electrons. The molecule has 32 heavy (non-hydrogen) atoms. The molecule has 0 saturated carbocycles. The maximum absolute atomic E-state index is 13.1. The van der Waals surface area contributed by atoms with Gasteiger partial charge in [-0.1, -0.05) is 12.1 Å². The lowest BCUT2D eigenvalue weighted by Crippen LogP contribution is -2.41. The number of ketones is 1. The molecular weight excluding hydrogens is 450 g/mol. The van der Waals surface area contributed by atoms with Gasteiger partial charge in [-0.3, -0.25) is 14.4 Å². The predicted octanol–water partition coefficient (Wildman–Crippen LogP) is 2.97. The second-order valence-corrected chi connectivity index (χ2v) is 10.8. The Hall–Kier alpha value is -2.69. The summed E-state index contributed by atoms with van der Waals surface area (Å²) in [4.78, 5) is 36.8. The van der Waals surface area contributed by atoms with Crippen LogP contribution in [0.5, 0.6) is 0 Å². The van der Waals surface area contributed by atoms with Crippen LogP contribution < -0.4 is 10.6 Å². The van der Waals surface area contributed by atoms with Crippen LogP contribution in [-0.2, 0) is 19.6 Å². The summed E-state index contributed by atoms with van der Waals surface area (Å²) in [5.74, 6) is -0.427. The summed E-state index contributed by atoms with van der Waals surface area (Å²) < 4.78 is 27.6. The molecule has 1 fully saturated rings. The zero-order chi connectivity index (χ0) is 22.9. The molecule has 2 aliphatic rings. The molecule has 0 aromatic heterocycles. The number of nitrogens with zero attached hydrogens (tertiary/aromatic N) is 1. The fraction of sp³-hybridized carbons (Fsp3) is 0.318. The summed E-state index contributed by atoms with van der Waals surface area (Å²) in [6, 6.07) is 11.5. The van der Waals surface area contributed by atoms with Crippen LogP contribution in [0.4, 0.5) is 11.4 Å². The Kier molecular flexibility index (Phi) is 6.36. The van der Waals surface area contributed by atoms with E-state index < -0.39 is 10.0 Å². The molecule has 168 valence electrons. The lowest BCUT2D eigenvalue weighted by molar-refractivity contribution is -0.121. The number of carbonyl (C=O) groups is 3. The number of carbonyl (C=O) groups excluding carboxylic acids is 3. The van der Waals surface area contributed by atoms with Gasteiger partial charge in [-0.25, -0.2) is 8.42 Å². The Labute approximate surface area is 190 Å². The number of thioether (sulfide) groups is 1. The number of hydrogen-bond donors (Lipinski definition) is 2. The van der Waals surface area contributed by atoms with Crippen LogP contribution in [0.25, 0.3) is 0 Å². The SMILES string of the molecule is CC(=O)c1cccc(NC(=O)C2CCN(S(=O)(=O)c3ccc4c(c3)NC(=O)CS4)CC2)c1. The minimum atomic E-state index is -3.73. The van der Waals surface area contributed by atoms with Crippen molar-refractivity contribution in [3.8, 4) is 0 Å². The van der Waals surface area contributed by atoms with E-state index in [9.17, 15) is 22.8 Å². The number of hydrogen-bond acceptors (Lipinski definition) is 6. The predicted molar refractivity (Wildman–Crippen MR) is 122 cm³/mol. The van der Waals surface area contributed by atoms with Crippen molar-refractivity contribution in [2.45, 2.75) is 29.6 Å². The molecule has 0 unspecified atom stereocenters. The Bertz CT molecular complexity index is 1190. The van der Waals surface area contributed by atoms with Crippen LogP contribution in [0, 0.1) is 5.92 Å². The Morgan fingerprint density at radius 3 is 2.59 bits per heavy atom. The van der Waals surface area contributed by atoms with E-state index in [1.165, 1.54) is 29.1 Å². The van der Waals surface area contributed by atoms with Crippen molar-refractivity contribution in [2.24, 2.45) is 5.92 Å². The third-order valence-corrected chi connectivity index (χ3v) is 8.55. The lowest BCUT2D eigenvalue weighted by atomic mass is 9.97. The van der Waals surface area contributed by atoms with Gasteiger partial charge in [0.2, 0.25) is 21.8 Å². The second kappa shape index (κ2) is 9.05. The number of benzene rings is 2. The summed E-state index contributed by atoms with van der Waals surface area (Å²) in [7, 11) is -3.73. The van der Waals surface area contributed by atoms with E-state index in [0.29, 0.717) is 35.5 Å². The third-order valence-electron chi connectivity index (χ3n) is 5.58. The molecule has 2 aromatic rings. The van der Waals surface area contributed by atoms with Crippen molar-refractivity contribution >= 4 is 50.8 Å². The first-order valence-electron chi connectivity index (χ1n) is 10.2. The number of nitrogens with one attached hydrogen (secondary N) is 2. The minimum Gasteiger partial charge on any atom is -0.326 e. The summed E-state index contributed by atoms with van der Waals surface area (Å²) >= 11 is 1.37. The van der Waals surface area contributed by atoms with E-state index in [1.54, 1.807) is 36.4 Å². The Balaban J connectivity index is 1.40. The maximum atomic E-state index is 13.1. The molecule has 1 saturated heterocycles. The highest BCUT2D eigenvalue weighted by molar-refractivity contribution is 8.00. The van der Waals surface area contributed by atoms with Gasteiger partial charge in [-0.2, -0.15) is 4.31 Å². The van der Waals surface area contributed by atoms with E-state index >= 15 is 0 Å². The largest absolute Gasteiger partial charge is 0.326 e. The van der Waals surface area contributed by atoms with Crippen molar-refractivity contribution in [1.82, 2.24) is 4.31 Å². The first kappa shape index (κ1) is 22.5. The molecular formula is C22H23N3O5S2. The number of rotatable bonds is 5. The molecule has 2 N–H and O–H groups in total. The molecule has 2 aromatic carbocycles. The first-order chi connectivity index (χ1) is 15.2. The molecule has 10 heteroatoms. The maximum Gasteiger partial charge on any atom is 0.243 e. The Morgan fingerprint density at radius 1 is 1.12 bits per heavy atom. The van der Waals surface area contributed by atoms with Gasteiger partial charge in [-0.15, -0.1) is 11.8 Å². The van der Waals surface area contributed by atoms with E-state index in [0.717, 1.165) is 4.90 Å². The van der Waals surface area contributed by atoms with Crippen molar-refractivity contribution < 1.29 is 22.8 Å². The second-order valence-electron chi connectivity index (χ2n) is 7.80. The molecule has 0 aliphatic carbocycles. The topological polar surface area (TPSA) is 113 Å². The van der Waals surface area contributed by atoms with E-state index in [4.69, 9.17) is 0 Å². The molecule has 0 spiro atoms. The molecule has 2 aliphatic heterocycles. The average Bonchev–Trinajstić information content (AvgIpc) is 2.78. The van der Waals surface area contributed by atoms with Crippen LogP contribution in [0.2, 0.25) is 0 Å². The summed E-state index contributed by atoms with van der Waals surface area (Å²) in [6.07, 6.45) is 0.796. The summed E-state index contributed by atoms with van der Waals surface area (Å²) in [5.41, 5.74) is 1.57. The number of amides is 2. The quantitative estimate of drug-likeness (QED) is 0.646. The smallest absolute Gasteiger partial charge is 0.243 e. The van der Waals surface area contributed by atoms with Gasteiger partial charge >= 0.3 is 0 Å². The molecule has 0 atom stereocenters. The highest BCUT2D eigenvalue weighted by Gasteiger charge is 2.33. The van der Waals surface area contributed by atoms with E-state index in [1.807, 2.05) is 0 Å². The minimum absolute atomic E-state index is 0.0834. The van der Waals surface area contributed by atoms with Crippen molar-refractivity contribution in [2.75, 3.05) is 29.5 Å². The monoisotopic (exact) mass is 473 g/mol. The molecule has 0 bridgehead atoms. The first-order valence-corrected chi connectivity index (χ1v) is 12.7. The van der Waals surface area contributed by atoms with E-state index in [-0.39, 0.29) is 41.5 Å². The summed E-state index contributed by atoms with van der Waals surface area (Å²) in [5, 5.41) is 5.54. The van der Waals surface area contributed by atoms with Gasteiger partial charge < -0.3 is 10.6 Å². The standard InChI is InChI=1S/C22H23N3O5S2/c1-14(26)16-3-2-4-17(11-16)23-22(28)15-7-9-25(10-8-15)32(29,30)18-5-6-20-19(12-18)24-21(27)13-31-20/h2-6,11-12,15H,7-10,13H2,1H3,(H,23,28)(H,24,27). The zero-order valence-corrected chi connectivity index (χ0v) is 19.1. The number of Topliss-reactive ketones (excluding diaryl/α,β-unsaturated/α-hetero) is 1. The van der Waals surface area contributed by atoms with Crippen LogP contribution in [-0.4, -0.2) is 49.2 Å². The van der Waals surface area contributed by atoms with Crippen molar-refractivity contribution in [3.63, 3.8) is 0 Å². The van der Waals surface area contributed by atoms with Gasteiger partial charge in [0.25, 0.3) is 0 Å². The van der Waals surface area contributed by atoms with E-state index in [2.05, 4.69) is 10.6 Å². The molecule has 2 heterocycles. The van der Waals surface area contributed by atoms with Crippen molar-refractivity contribution in [3.05, 3.63) is 48.0 Å². The summed E-state index contributed by atoms with van der Waals surface area (Å²) in [6.45, 7) is 1.92. The lowest BCUT2D eigenvalue weighted by Gasteiger charge is -2.31. The molecule has 4 rings (SSSR count). The third kappa shape index (κ3) is 4.72. The Morgan fingerprint density at radius 2 is 1.88 bits per heavy atom. The highest BCUT2D eigenvalue weighted by Crippen LogP contribution is 2.34. The molecule has 2 amide bonds. The van der Waals surface area contributed by atoms with Crippen LogP contribution in [0.1, 0.15) is 30.1 Å². The number of piperidine rings is 1. The van der Waals surface area contributed by atoms with Crippen LogP contribution >= 0.6 is 11.8 Å². The van der Waals surface area contributed by atoms with Gasteiger partial charge in [0, 0.05) is 35.2 Å². The highest BCUT2D eigenvalue weighted by atomic mass is 32.2. The number of fused-ring (bicyclic) bond motifs is 1. The number of anilines is 2. The molecule has 8 nitrogen and oxygen atoms in total. The van der Waals surface area contributed by atoms with Gasteiger partial charge in [-0.05, 0) is 50.1 Å². The number of sulfonamides is 1. The normalized spacial score (nSPS) is 17.3. The zero-order valence-electron chi connectivity index (χ0n) is 17.5. The van der Waals surface area contributed by atoms with Crippen LogP contribution in [0.3, 0.4) is 0 Å². The van der Waals surface area contributed by atoms with Gasteiger partial charge in [0.1, 0.15) is 0 Å². The average molecular weight is 474 g/mol. The van der Waals surface area contributed by atoms with Gasteiger partial charge in [0.05, 0.1) is 16.3 Å². The van der Waals surface area contributed by atoms with Crippen LogP contribution in [0.15, 0.2) is 52.3 Å². The van der Waals surface area contributed by atoms with Gasteiger partial charge in [0.15, 0.2) is 5.78 Å². The fourth-order valence-electron chi connectivity index (χ4n) is 3.79.